The van der Waals surface area contributed by atoms with Crippen molar-refractivity contribution in [3.05, 3.63) is 87.9 Å². The first-order valence-electron chi connectivity index (χ1n) is 14.9. The van der Waals surface area contributed by atoms with Crippen molar-refractivity contribution >= 4 is 56.9 Å². The quantitative estimate of drug-likeness (QED) is 0.369. The molecule has 12 heteroatoms. The van der Waals surface area contributed by atoms with Crippen LogP contribution in [0.1, 0.15) is 31.4 Å². The Balaban J connectivity index is 1.53. The Labute approximate surface area is 274 Å². The number of hydrogen-bond donors (Lipinski definition) is 2. The molecule has 6 rings (SSSR count). The summed E-state index contributed by atoms with van der Waals surface area (Å²) in [5.74, 6) is -4.07. The third-order valence-corrected chi connectivity index (χ3v) is 9.87. The summed E-state index contributed by atoms with van der Waals surface area (Å²) in [6.07, 6.45) is 4.38. The van der Waals surface area contributed by atoms with E-state index in [-0.39, 0.29) is 25.4 Å². The summed E-state index contributed by atoms with van der Waals surface area (Å²) in [5.41, 5.74) is -0.509. The van der Waals surface area contributed by atoms with E-state index < -0.39 is 66.1 Å². The number of aliphatic hydroxyl groups is 1. The zero-order valence-corrected chi connectivity index (χ0v) is 26.8. The number of ether oxygens (including phenoxy) is 2. The topological polar surface area (TPSA) is 125 Å². The fourth-order valence-corrected chi connectivity index (χ4v) is 7.85. The van der Waals surface area contributed by atoms with E-state index in [9.17, 15) is 19.5 Å². The molecule has 3 amide bonds. The lowest BCUT2D eigenvalue weighted by Crippen LogP contribution is -2.57. The normalized spacial score (nSPS) is 31.7. The number of nitrogens with one attached hydrogen (secondary N) is 1. The van der Waals surface area contributed by atoms with E-state index >= 15 is 4.79 Å². The first kappa shape index (κ1) is 31.5. The van der Waals surface area contributed by atoms with Crippen molar-refractivity contribution in [2.24, 2.45) is 11.8 Å². The number of para-hydroxylation sites is 1. The molecule has 0 unspecified atom stereocenters. The summed E-state index contributed by atoms with van der Waals surface area (Å²) in [4.78, 5) is 58.8. The number of nitrogens with zero attached hydrogens (tertiary/aromatic N) is 2. The van der Waals surface area contributed by atoms with Gasteiger partial charge in [0.1, 0.15) is 29.8 Å². The van der Waals surface area contributed by atoms with E-state index in [1.807, 2.05) is 12.1 Å². The second-order valence-corrected chi connectivity index (χ2v) is 13.0. The molecule has 4 aliphatic rings. The lowest BCUT2D eigenvalue weighted by molar-refractivity contribution is -0.159. The van der Waals surface area contributed by atoms with Gasteiger partial charge in [-0.05, 0) is 37.1 Å². The minimum absolute atomic E-state index is 0.0788. The molecule has 5 bridgehead atoms. The Hall–Kier alpha value is -3.51. The third-order valence-electron chi connectivity index (χ3n) is 8.87. The van der Waals surface area contributed by atoms with Crippen LogP contribution in [0.4, 0.5) is 5.69 Å². The number of anilines is 1. The highest BCUT2D eigenvalue weighted by Crippen LogP contribution is 2.60. The Morgan fingerprint density at radius 3 is 2.53 bits per heavy atom. The van der Waals surface area contributed by atoms with E-state index in [2.05, 4.69) is 21.2 Å². The van der Waals surface area contributed by atoms with Crippen LogP contribution in [-0.2, 0) is 28.7 Å². The van der Waals surface area contributed by atoms with Crippen LogP contribution in [0.15, 0.2) is 77.3 Å². The summed E-state index contributed by atoms with van der Waals surface area (Å²) in [5, 5.41) is 13.9. The molecule has 4 aliphatic heterocycles. The first-order valence-corrected chi connectivity index (χ1v) is 16.1. The van der Waals surface area contributed by atoms with Crippen LogP contribution in [-0.4, -0.2) is 77.2 Å². The molecule has 0 radical (unpaired) electrons. The van der Waals surface area contributed by atoms with E-state index in [4.69, 9.17) is 21.1 Å². The number of likely N-dealkylation sites (tertiary alicyclic amines) is 1. The zero-order chi connectivity index (χ0) is 31.9. The number of aliphatic hydroxyl groups excluding tert-OH is 1. The maximum absolute atomic E-state index is 15.0. The van der Waals surface area contributed by atoms with Crippen molar-refractivity contribution in [2.45, 2.75) is 49.7 Å². The number of esters is 1. The van der Waals surface area contributed by atoms with Crippen molar-refractivity contribution in [3.8, 4) is 0 Å². The number of cyclic esters (lactones) is 1. The first-order chi connectivity index (χ1) is 21.7. The van der Waals surface area contributed by atoms with Crippen LogP contribution in [0.25, 0.3) is 0 Å². The zero-order valence-electron chi connectivity index (χ0n) is 24.5. The van der Waals surface area contributed by atoms with Gasteiger partial charge >= 0.3 is 5.97 Å². The number of carbonyl (C=O) groups is 4. The summed E-state index contributed by atoms with van der Waals surface area (Å²) in [7, 11) is 0. The molecule has 2 saturated heterocycles. The molecule has 236 valence electrons. The molecule has 0 aromatic heterocycles. The molecule has 2 N–H and O–H groups in total. The summed E-state index contributed by atoms with van der Waals surface area (Å²) >= 11 is 10.2. The molecule has 1 spiro atoms. The largest absolute Gasteiger partial charge is 0.460 e. The minimum Gasteiger partial charge on any atom is -0.460 e. The number of carbonyl (C=O) groups excluding carboxylic acids is 4. The lowest BCUT2D eigenvalue weighted by Gasteiger charge is -2.39. The second kappa shape index (κ2) is 12.7. The average Bonchev–Trinajstić information content (AvgIpc) is 3.62. The van der Waals surface area contributed by atoms with Gasteiger partial charge in [0, 0.05) is 17.4 Å². The summed E-state index contributed by atoms with van der Waals surface area (Å²) in [6, 6.07) is 13.7. The highest BCUT2D eigenvalue weighted by Gasteiger charge is 2.75. The third kappa shape index (κ3) is 5.49. The van der Waals surface area contributed by atoms with Gasteiger partial charge in [-0.3, -0.25) is 19.2 Å². The number of fused-ring (bicyclic) bond motifs is 2. The van der Waals surface area contributed by atoms with Gasteiger partial charge in [-0.25, -0.2) is 0 Å². The van der Waals surface area contributed by atoms with Gasteiger partial charge in [0.25, 0.3) is 5.91 Å². The second-order valence-electron chi connectivity index (χ2n) is 11.6. The number of rotatable bonds is 4. The number of allylic oxidation sites excluding steroid dienone is 1. The number of halogens is 2. The molecule has 0 aliphatic carbocycles. The predicted molar refractivity (Wildman–Crippen MR) is 169 cm³/mol. The van der Waals surface area contributed by atoms with Gasteiger partial charge < -0.3 is 29.7 Å². The minimum atomic E-state index is -1.54. The van der Waals surface area contributed by atoms with E-state index in [1.54, 1.807) is 67.6 Å². The van der Waals surface area contributed by atoms with Crippen molar-refractivity contribution in [3.63, 3.8) is 0 Å². The maximum atomic E-state index is 15.0. The Morgan fingerprint density at radius 1 is 1.07 bits per heavy atom. The van der Waals surface area contributed by atoms with Crippen LogP contribution in [0.3, 0.4) is 0 Å². The van der Waals surface area contributed by atoms with Gasteiger partial charge in [0.15, 0.2) is 0 Å². The number of amides is 3. The fraction of sp³-hybridized carbons (Fsp3) is 0.394. The van der Waals surface area contributed by atoms with Crippen molar-refractivity contribution in [1.29, 1.82) is 0 Å². The molecule has 45 heavy (non-hydrogen) atoms. The number of benzene rings is 2. The molecule has 0 saturated carbocycles. The Bertz CT molecular complexity index is 1570. The van der Waals surface area contributed by atoms with Gasteiger partial charge in [0.05, 0.1) is 35.8 Å². The molecule has 10 nitrogen and oxygen atoms in total. The fourth-order valence-electron chi connectivity index (χ4n) is 6.87. The SMILES string of the molecule is C[C@@H]1CNC(=O)CC/C=C\CN(c2ccccc2Cl)C(=O)[C@@H]2N([C@H](CO)c3ccccc3)C(=O)[C@H]3[C@H](C(=O)O1)[C@H]1O[C@@]23C=C1Br. The van der Waals surface area contributed by atoms with Crippen LogP contribution in [0, 0.1) is 11.8 Å². The van der Waals surface area contributed by atoms with Crippen LogP contribution >= 0.6 is 27.5 Å². The molecule has 2 fully saturated rings. The van der Waals surface area contributed by atoms with Gasteiger partial charge in [-0.15, -0.1) is 0 Å². The van der Waals surface area contributed by atoms with Gasteiger partial charge in [-0.1, -0.05) is 82.1 Å². The van der Waals surface area contributed by atoms with Crippen LogP contribution in [0.2, 0.25) is 5.02 Å². The smallest absolute Gasteiger partial charge is 0.313 e. The maximum Gasteiger partial charge on any atom is 0.313 e. The molecular formula is C33H33BrClN3O7. The van der Waals surface area contributed by atoms with Crippen LogP contribution < -0.4 is 10.2 Å². The standard InChI is InChI=1S/C33H33BrClN3O7/c1-19-17-36-25(40)14-6-3-9-15-37(23-13-8-7-12-22(23)35)31(42)29-33-16-21(34)28(45-33)26(32(43)44-19)27(33)30(41)38(29)24(18-39)20-10-4-2-5-11-20/h2-5,7-13,16,19,24,26-29,39H,6,14-15,17-18H2,1H3,(H,36,40)/b9-3-/t19-,24-,26+,27-,28+,29+,33-/m1/s1. The van der Waals surface area contributed by atoms with Crippen molar-refractivity contribution < 1.29 is 33.8 Å². The van der Waals surface area contributed by atoms with Crippen LogP contribution in [0.5, 0.6) is 0 Å². The monoisotopic (exact) mass is 697 g/mol. The molecule has 2 aromatic rings. The van der Waals surface area contributed by atoms with Gasteiger partial charge in [0.2, 0.25) is 11.8 Å². The molecule has 2 aromatic carbocycles. The highest BCUT2D eigenvalue weighted by atomic mass is 79.9. The summed E-state index contributed by atoms with van der Waals surface area (Å²) < 4.78 is 12.8. The van der Waals surface area contributed by atoms with E-state index in [0.717, 1.165) is 0 Å². The molecule has 4 heterocycles. The number of hydrogen-bond acceptors (Lipinski definition) is 7. The molecular weight excluding hydrogens is 666 g/mol. The van der Waals surface area contributed by atoms with E-state index in [1.165, 1.54) is 9.80 Å². The highest BCUT2D eigenvalue weighted by molar-refractivity contribution is 9.11. The van der Waals surface area contributed by atoms with Crippen molar-refractivity contribution in [1.82, 2.24) is 10.2 Å². The summed E-state index contributed by atoms with van der Waals surface area (Å²) in [6.45, 7) is 1.36. The van der Waals surface area contributed by atoms with E-state index in [0.29, 0.717) is 27.2 Å². The van der Waals surface area contributed by atoms with Crippen molar-refractivity contribution in [2.75, 3.05) is 24.6 Å². The predicted octanol–water partition coefficient (Wildman–Crippen LogP) is 3.68. The Morgan fingerprint density at radius 2 is 1.80 bits per heavy atom. The average molecular weight is 699 g/mol. The Kier molecular flexibility index (Phi) is 8.89. The lowest BCUT2D eigenvalue weighted by atomic mass is 9.74. The van der Waals surface area contributed by atoms with Gasteiger partial charge in [-0.2, -0.15) is 0 Å². The molecule has 7 atom stereocenters.